The molecule has 19 heavy (non-hydrogen) atoms. The van der Waals surface area contributed by atoms with Crippen molar-refractivity contribution in [2.75, 3.05) is 25.5 Å². The number of nitriles is 1. The third-order valence-electron chi connectivity index (χ3n) is 2.94. The zero-order valence-electron chi connectivity index (χ0n) is 11.6. The molecule has 0 aromatic heterocycles. The van der Waals surface area contributed by atoms with E-state index in [1.165, 1.54) is 0 Å². The summed E-state index contributed by atoms with van der Waals surface area (Å²) in [5.41, 5.74) is 1.08. The van der Waals surface area contributed by atoms with Gasteiger partial charge in [0, 0.05) is 13.0 Å². The Bertz CT molecular complexity index is 451. The number of hydrogen-bond donors (Lipinski definition) is 1. The zero-order chi connectivity index (χ0) is 14.1. The van der Waals surface area contributed by atoms with Crippen LogP contribution in [0.25, 0.3) is 0 Å². The summed E-state index contributed by atoms with van der Waals surface area (Å²) in [6.45, 7) is 3.90. The molecule has 0 bridgehead atoms. The second-order valence-electron chi connectivity index (χ2n) is 4.61. The molecule has 0 radical (unpaired) electrons. The molecular weight excluding hydrogens is 238 g/mol. The number of anilines is 1. The SMILES string of the molecule is CCCCN(C)CCC(=O)Nc1ccccc1C#N. The van der Waals surface area contributed by atoms with Crippen LogP contribution in [-0.2, 0) is 4.79 Å². The first kappa shape index (κ1) is 15.2. The van der Waals surface area contributed by atoms with Gasteiger partial charge in [0.25, 0.3) is 0 Å². The van der Waals surface area contributed by atoms with Crippen molar-refractivity contribution in [3.63, 3.8) is 0 Å². The summed E-state index contributed by atoms with van der Waals surface area (Å²) in [5, 5.41) is 11.7. The van der Waals surface area contributed by atoms with E-state index >= 15 is 0 Å². The summed E-state index contributed by atoms with van der Waals surface area (Å²) in [6, 6.07) is 9.11. The number of carbonyl (C=O) groups is 1. The molecule has 0 aliphatic heterocycles. The summed E-state index contributed by atoms with van der Waals surface area (Å²) >= 11 is 0. The minimum Gasteiger partial charge on any atom is -0.325 e. The molecule has 0 spiro atoms. The van der Waals surface area contributed by atoms with Gasteiger partial charge in [-0.15, -0.1) is 0 Å². The Kier molecular flexibility index (Phi) is 6.62. The first-order chi connectivity index (χ1) is 9.17. The largest absolute Gasteiger partial charge is 0.325 e. The van der Waals surface area contributed by atoms with E-state index in [1.54, 1.807) is 18.2 Å². The minimum atomic E-state index is -0.0500. The third kappa shape index (κ3) is 5.54. The number of rotatable bonds is 7. The van der Waals surface area contributed by atoms with Crippen LogP contribution in [0.3, 0.4) is 0 Å². The van der Waals surface area contributed by atoms with Gasteiger partial charge >= 0.3 is 0 Å². The van der Waals surface area contributed by atoms with Crippen molar-refractivity contribution in [2.45, 2.75) is 26.2 Å². The van der Waals surface area contributed by atoms with Crippen LogP contribution < -0.4 is 5.32 Å². The molecule has 4 heteroatoms. The second kappa shape index (κ2) is 8.28. The lowest BCUT2D eigenvalue weighted by Crippen LogP contribution is -2.25. The Hall–Kier alpha value is -1.86. The van der Waals surface area contributed by atoms with Gasteiger partial charge in [-0.05, 0) is 32.1 Å². The molecule has 1 aromatic carbocycles. The maximum absolute atomic E-state index is 11.8. The van der Waals surface area contributed by atoms with E-state index in [2.05, 4.69) is 23.2 Å². The standard InChI is InChI=1S/C15H21N3O/c1-3-4-10-18(2)11-9-15(19)17-14-8-6-5-7-13(14)12-16/h5-8H,3-4,9-11H2,1-2H3,(H,17,19). The molecule has 0 aliphatic rings. The zero-order valence-corrected chi connectivity index (χ0v) is 11.6. The van der Waals surface area contributed by atoms with Crippen LogP contribution in [0.15, 0.2) is 24.3 Å². The minimum absolute atomic E-state index is 0.0500. The van der Waals surface area contributed by atoms with Gasteiger partial charge in [0.05, 0.1) is 11.3 Å². The number of nitrogens with zero attached hydrogens (tertiary/aromatic N) is 2. The summed E-state index contributed by atoms with van der Waals surface area (Å²) in [4.78, 5) is 14.0. The van der Waals surface area contributed by atoms with E-state index in [0.717, 1.165) is 25.9 Å². The Morgan fingerprint density at radius 1 is 1.37 bits per heavy atom. The molecule has 1 amide bonds. The van der Waals surface area contributed by atoms with E-state index in [1.807, 2.05) is 13.1 Å². The highest BCUT2D eigenvalue weighted by Crippen LogP contribution is 2.13. The first-order valence-electron chi connectivity index (χ1n) is 6.65. The highest BCUT2D eigenvalue weighted by Gasteiger charge is 2.07. The molecular formula is C15H21N3O. The fourth-order valence-electron chi connectivity index (χ4n) is 1.73. The maximum atomic E-state index is 11.8. The fraction of sp³-hybridized carbons (Fsp3) is 0.467. The van der Waals surface area contributed by atoms with Crippen molar-refractivity contribution in [1.29, 1.82) is 5.26 Å². The smallest absolute Gasteiger partial charge is 0.225 e. The van der Waals surface area contributed by atoms with E-state index in [9.17, 15) is 4.79 Å². The summed E-state index contributed by atoms with van der Waals surface area (Å²) in [6.07, 6.45) is 2.75. The van der Waals surface area contributed by atoms with Crippen molar-refractivity contribution < 1.29 is 4.79 Å². The van der Waals surface area contributed by atoms with Crippen molar-refractivity contribution in [1.82, 2.24) is 4.90 Å². The number of hydrogen-bond acceptors (Lipinski definition) is 3. The number of unbranched alkanes of at least 4 members (excludes halogenated alkanes) is 1. The first-order valence-corrected chi connectivity index (χ1v) is 6.65. The summed E-state index contributed by atoms with van der Waals surface area (Å²) < 4.78 is 0. The molecule has 1 aromatic rings. The van der Waals surface area contributed by atoms with Gasteiger partial charge in [0.15, 0.2) is 0 Å². The number of benzene rings is 1. The van der Waals surface area contributed by atoms with Crippen molar-refractivity contribution in [2.24, 2.45) is 0 Å². The molecule has 0 saturated carbocycles. The molecule has 1 N–H and O–H groups in total. The van der Waals surface area contributed by atoms with E-state index in [0.29, 0.717) is 17.7 Å². The van der Waals surface area contributed by atoms with Crippen LogP contribution in [0.1, 0.15) is 31.7 Å². The summed E-state index contributed by atoms with van der Waals surface area (Å²) in [7, 11) is 2.02. The topological polar surface area (TPSA) is 56.1 Å². The monoisotopic (exact) mass is 259 g/mol. The van der Waals surface area contributed by atoms with Gasteiger partial charge in [0.1, 0.15) is 6.07 Å². The van der Waals surface area contributed by atoms with Crippen molar-refractivity contribution >= 4 is 11.6 Å². The lowest BCUT2D eigenvalue weighted by molar-refractivity contribution is -0.116. The van der Waals surface area contributed by atoms with Crippen LogP contribution in [0.2, 0.25) is 0 Å². The van der Waals surface area contributed by atoms with Crippen molar-refractivity contribution in [3.05, 3.63) is 29.8 Å². The number of para-hydroxylation sites is 1. The third-order valence-corrected chi connectivity index (χ3v) is 2.94. The van der Waals surface area contributed by atoms with Gasteiger partial charge in [-0.25, -0.2) is 0 Å². The Morgan fingerprint density at radius 3 is 2.79 bits per heavy atom. The maximum Gasteiger partial charge on any atom is 0.225 e. The predicted octanol–water partition coefficient (Wildman–Crippen LogP) is 2.62. The highest BCUT2D eigenvalue weighted by atomic mass is 16.1. The van der Waals surface area contributed by atoms with Gasteiger partial charge in [-0.2, -0.15) is 5.26 Å². The highest BCUT2D eigenvalue weighted by molar-refractivity contribution is 5.92. The normalized spacial score (nSPS) is 10.2. The predicted molar refractivity (Wildman–Crippen MR) is 76.8 cm³/mol. The number of amides is 1. The average molecular weight is 259 g/mol. The van der Waals surface area contributed by atoms with E-state index in [-0.39, 0.29) is 5.91 Å². The molecule has 0 atom stereocenters. The average Bonchev–Trinajstić information content (AvgIpc) is 2.43. The van der Waals surface area contributed by atoms with E-state index in [4.69, 9.17) is 5.26 Å². The Morgan fingerprint density at radius 2 is 2.11 bits per heavy atom. The summed E-state index contributed by atoms with van der Waals surface area (Å²) in [5.74, 6) is -0.0500. The van der Waals surface area contributed by atoms with Gasteiger partial charge in [0.2, 0.25) is 5.91 Å². The molecule has 102 valence electrons. The van der Waals surface area contributed by atoms with Crippen LogP contribution in [0, 0.1) is 11.3 Å². The van der Waals surface area contributed by atoms with Crippen LogP contribution in [0.5, 0.6) is 0 Å². The van der Waals surface area contributed by atoms with Crippen LogP contribution in [0.4, 0.5) is 5.69 Å². The molecule has 0 saturated heterocycles. The van der Waals surface area contributed by atoms with Crippen LogP contribution >= 0.6 is 0 Å². The molecule has 1 rings (SSSR count). The molecule has 0 fully saturated rings. The molecule has 0 heterocycles. The molecule has 4 nitrogen and oxygen atoms in total. The molecule has 0 aliphatic carbocycles. The number of carbonyl (C=O) groups excluding carboxylic acids is 1. The molecule has 0 unspecified atom stereocenters. The fourth-order valence-corrected chi connectivity index (χ4v) is 1.73. The van der Waals surface area contributed by atoms with Gasteiger partial charge in [-0.3, -0.25) is 4.79 Å². The van der Waals surface area contributed by atoms with Gasteiger partial charge in [-0.1, -0.05) is 25.5 Å². The van der Waals surface area contributed by atoms with Crippen LogP contribution in [-0.4, -0.2) is 30.9 Å². The lowest BCUT2D eigenvalue weighted by Gasteiger charge is -2.15. The van der Waals surface area contributed by atoms with E-state index < -0.39 is 0 Å². The second-order valence-corrected chi connectivity index (χ2v) is 4.61. The Labute approximate surface area is 115 Å². The lowest BCUT2D eigenvalue weighted by atomic mass is 10.2. The Balaban J connectivity index is 2.41. The van der Waals surface area contributed by atoms with Crippen molar-refractivity contribution in [3.8, 4) is 6.07 Å². The van der Waals surface area contributed by atoms with Gasteiger partial charge < -0.3 is 10.2 Å². The quantitative estimate of drug-likeness (QED) is 0.819. The number of nitrogens with one attached hydrogen (secondary N) is 1.